The summed E-state index contributed by atoms with van der Waals surface area (Å²) in [7, 11) is 0. The Labute approximate surface area is 122 Å². The summed E-state index contributed by atoms with van der Waals surface area (Å²) in [6.45, 7) is 0.512. The van der Waals surface area contributed by atoms with Crippen molar-refractivity contribution in [3.8, 4) is 0 Å². The lowest BCUT2D eigenvalue weighted by Crippen LogP contribution is -2.07. The monoisotopic (exact) mass is 293 g/mol. The van der Waals surface area contributed by atoms with Crippen LogP contribution in [0.25, 0.3) is 0 Å². The van der Waals surface area contributed by atoms with E-state index in [0.717, 1.165) is 5.69 Å². The molecule has 1 aliphatic carbocycles. The maximum Gasteiger partial charge on any atom is 0.147 e. The molecule has 5 heteroatoms. The highest BCUT2D eigenvalue weighted by Gasteiger charge is 2.17. The first-order chi connectivity index (χ1) is 9.72. The van der Waals surface area contributed by atoms with Gasteiger partial charge in [-0.2, -0.15) is 5.10 Å². The molecule has 2 aromatic rings. The molecule has 1 fully saturated rings. The molecular weight excluding hydrogens is 277 g/mol. The number of hydrogen-bond acceptors (Lipinski definition) is 2. The third-order valence-corrected chi connectivity index (χ3v) is 3.99. The van der Waals surface area contributed by atoms with Crippen LogP contribution in [0.1, 0.15) is 37.4 Å². The number of hydrogen-bond donors (Lipinski definition) is 1. The van der Waals surface area contributed by atoms with Crippen LogP contribution in [0, 0.1) is 5.82 Å². The average Bonchev–Trinajstić information content (AvgIpc) is 3.08. The zero-order chi connectivity index (χ0) is 13.9. The number of anilines is 1. The molecule has 0 aliphatic heterocycles. The predicted molar refractivity (Wildman–Crippen MR) is 78.5 cm³/mol. The summed E-state index contributed by atoms with van der Waals surface area (Å²) in [6, 6.07) is 7.15. The summed E-state index contributed by atoms with van der Waals surface area (Å²) < 4.78 is 15.7. The van der Waals surface area contributed by atoms with Gasteiger partial charge in [0.15, 0.2) is 0 Å². The molecule has 0 unspecified atom stereocenters. The summed E-state index contributed by atoms with van der Waals surface area (Å²) in [5.41, 5.74) is 1.37. The topological polar surface area (TPSA) is 29.9 Å². The van der Waals surface area contributed by atoms with Gasteiger partial charge >= 0.3 is 0 Å². The van der Waals surface area contributed by atoms with E-state index in [1.54, 1.807) is 12.1 Å². The number of benzene rings is 1. The largest absolute Gasteiger partial charge is 0.377 e. The van der Waals surface area contributed by atoms with Crippen molar-refractivity contribution in [1.82, 2.24) is 9.78 Å². The normalized spacial score (nSPS) is 15.7. The maximum absolute atomic E-state index is 13.6. The van der Waals surface area contributed by atoms with E-state index in [1.165, 1.54) is 31.7 Å². The van der Waals surface area contributed by atoms with E-state index >= 15 is 0 Å². The molecule has 0 amide bonds. The maximum atomic E-state index is 13.6. The lowest BCUT2D eigenvalue weighted by Gasteiger charge is -2.09. The summed E-state index contributed by atoms with van der Waals surface area (Å²) in [5, 5.41) is 8.01. The molecule has 1 aliphatic rings. The van der Waals surface area contributed by atoms with E-state index in [9.17, 15) is 4.39 Å². The second-order valence-electron chi connectivity index (χ2n) is 5.20. The number of halogens is 2. The molecule has 0 radical (unpaired) electrons. The van der Waals surface area contributed by atoms with Crippen LogP contribution in [-0.2, 0) is 6.54 Å². The van der Waals surface area contributed by atoms with Crippen molar-refractivity contribution in [2.75, 3.05) is 5.32 Å². The Kier molecular flexibility index (Phi) is 3.92. The van der Waals surface area contributed by atoms with Crippen molar-refractivity contribution in [3.63, 3.8) is 0 Å². The highest BCUT2D eigenvalue weighted by atomic mass is 35.5. The van der Waals surface area contributed by atoms with Gasteiger partial charge in [-0.1, -0.05) is 24.4 Å². The third kappa shape index (κ3) is 2.96. The Morgan fingerprint density at radius 2 is 2.10 bits per heavy atom. The first kappa shape index (κ1) is 13.4. The highest BCUT2D eigenvalue weighted by molar-refractivity contribution is 6.30. The standard InChI is InChI=1S/C15H17ClFN3/c16-11-5-6-15(14(17)9-11)18-10-12-7-8-20(19-12)13-3-1-2-4-13/h5-9,13,18H,1-4,10H2. The average molecular weight is 294 g/mol. The molecule has 1 aromatic carbocycles. The fourth-order valence-electron chi connectivity index (χ4n) is 2.66. The number of rotatable bonds is 4. The molecule has 1 heterocycles. The first-order valence-corrected chi connectivity index (χ1v) is 7.33. The van der Waals surface area contributed by atoms with Crippen molar-refractivity contribution < 1.29 is 4.39 Å². The van der Waals surface area contributed by atoms with Gasteiger partial charge in [0.1, 0.15) is 5.82 Å². The van der Waals surface area contributed by atoms with Gasteiger partial charge < -0.3 is 5.32 Å². The lowest BCUT2D eigenvalue weighted by molar-refractivity contribution is 0.463. The van der Waals surface area contributed by atoms with Crippen molar-refractivity contribution >= 4 is 17.3 Å². The predicted octanol–water partition coefficient (Wildman–Crippen LogP) is 4.40. The molecule has 20 heavy (non-hydrogen) atoms. The fraction of sp³-hybridized carbons (Fsp3) is 0.400. The van der Waals surface area contributed by atoms with Crippen molar-refractivity contribution in [2.45, 2.75) is 38.3 Å². The van der Waals surface area contributed by atoms with E-state index in [2.05, 4.69) is 10.4 Å². The van der Waals surface area contributed by atoms with E-state index in [-0.39, 0.29) is 5.82 Å². The molecule has 3 rings (SSSR count). The Bertz CT molecular complexity index is 591. The molecule has 0 atom stereocenters. The minimum Gasteiger partial charge on any atom is -0.377 e. The summed E-state index contributed by atoms with van der Waals surface area (Å²) in [5.74, 6) is -0.340. The molecule has 1 saturated carbocycles. The van der Waals surface area contributed by atoms with E-state index in [4.69, 9.17) is 11.6 Å². The van der Waals surface area contributed by atoms with Crippen LogP contribution >= 0.6 is 11.6 Å². The van der Waals surface area contributed by atoms with Gasteiger partial charge in [0.25, 0.3) is 0 Å². The number of aromatic nitrogens is 2. The molecular formula is C15H17ClFN3. The fourth-order valence-corrected chi connectivity index (χ4v) is 2.82. The Hall–Kier alpha value is -1.55. The number of nitrogens with one attached hydrogen (secondary N) is 1. The Balaban J connectivity index is 1.63. The smallest absolute Gasteiger partial charge is 0.147 e. The molecule has 106 valence electrons. The second kappa shape index (κ2) is 5.83. The van der Waals surface area contributed by atoms with Crippen LogP contribution in [0.3, 0.4) is 0 Å². The molecule has 0 saturated heterocycles. The van der Waals surface area contributed by atoms with Gasteiger partial charge in [0.05, 0.1) is 24.0 Å². The number of nitrogens with zero attached hydrogens (tertiary/aromatic N) is 2. The van der Waals surface area contributed by atoms with E-state index in [0.29, 0.717) is 23.3 Å². The molecule has 0 spiro atoms. The minimum atomic E-state index is -0.340. The van der Waals surface area contributed by atoms with Gasteiger partial charge in [0.2, 0.25) is 0 Å². The van der Waals surface area contributed by atoms with Gasteiger partial charge in [-0.05, 0) is 37.1 Å². The van der Waals surface area contributed by atoms with Crippen LogP contribution in [0.2, 0.25) is 5.02 Å². The lowest BCUT2D eigenvalue weighted by atomic mass is 10.3. The molecule has 1 aromatic heterocycles. The summed E-state index contributed by atoms with van der Waals surface area (Å²) in [4.78, 5) is 0. The summed E-state index contributed by atoms with van der Waals surface area (Å²) in [6.07, 6.45) is 7.01. The Morgan fingerprint density at radius 1 is 1.30 bits per heavy atom. The van der Waals surface area contributed by atoms with E-state index in [1.807, 2.05) is 16.9 Å². The van der Waals surface area contributed by atoms with Gasteiger partial charge in [0, 0.05) is 11.2 Å². The quantitative estimate of drug-likeness (QED) is 0.905. The van der Waals surface area contributed by atoms with E-state index < -0.39 is 0 Å². The SMILES string of the molecule is Fc1cc(Cl)ccc1NCc1ccn(C2CCCC2)n1. The van der Waals surface area contributed by atoms with Gasteiger partial charge in [-0.15, -0.1) is 0 Å². The van der Waals surface area contributed by atoms with Crippen molar-refractivity contribution in [1.29, 1.82) is 0 Å². The van der Waals surface area contributed by atoms with Crippen LogP contribution < -0.4 is 5.32 Å². The second-order valence-corrected chi connectivity index (χ2v) is 5.64. The Morgan fingerprint density at radius 3 is 2.85 bits per heavy atom. The molecule has 1 N–H and O–H groups in total. The highest BCUT2D eigenvalue weighted by Crippen LogP contribution is 2.28. The molecule has 3 nitrogen and oxygen atoms in total. The van der Waals surface area contributed by atoms with Crippen LogP contribution in [0.15, 0.2) is 30.5 Å². The van der Waals surface area contributed by atoms with Gasteiger partial charge in [-0.3, -0.25) is 4.68 Å². The first-order valence-electron chi connectivity index (χ1n) is 6.95. The third-order valence-electron chi connectivity index (χ3n) is 3.75. The summed E-state index contributed by atoms with van der Waals surface area (Å²) >= 11 is 5.73. The molecule has 0 bridgehead atoms. The van der Waals surface area contributed by atoms with Crippen molar-refractivity contribution in [3.05, 3.63) is 47.0 Å². The minimum absolute atomic E-state index is 0.340. The van der Waals surface area contributed by atoms with Crippen molar-refractivity contribution in [2.24, 2.45) is 0 Å². The zero-order valence-electron chi connectivity index (χ0n) is 11.1. The van der Waals surface area contributed by atoms with Crippen LogP contribution in [-0.4, -0.2) is 9.78 Å². The van der Waals surface area contributed by atoms with Gasteiger partial charge in [-0.25, -0.2) is 4.39 Å². The van der Waals surface area contributed by atoms with Crippen LogP contribution in [0.5, 0.6) is 0 Å². The zero-order valence-corrected chi connectivity index (χ0v) is 11.9. The van der Waals surface area contributed by atoms with Crippen LogP contribution in [0.4, 0.5) is 10.1 Å².